The third-order valence-corrected chi connectivity index (χ3v) is 4.82. The number of thioether (sulfide) groups is 1. The number of benzene rings is 1. The van der Waals surface area contributed by atoms with Gasteiger partial charge < -0.3 is 14.9 Å². The van der Waals surface area contributed by atoms with E-state index in [2.05, 4.69) is 0 Å². The number of carbonyl (C=O) groups excluding carboxylic acids is 1. The Morgan fingerprint density at radius 2 is 2.08 bits per heavy atom. The molecule has 8 heteroatoms. The van der Waals surface area contributed by atoms with Gasteiger partial charge in [0, 0.05) is 0 Å². The molecule has 1 aromatic carbocycles. The Balaban J connectivity index is 2.36. The van der Waals surface area contributed by atoms with Gasteiger partial charge in [-0.2, -0.15) is 0 Å². The number of nitrogens with zero attached hydrogens (tertiary/aromatic N) is 1. The number of amides is 1. The number of carboxylic acid groups (broad SMARTS) is 1. The molecule has 0 saturated carbocycles. The van der Waals surface area contributed by atoms with E-state index in [1.165, 1.54) is 13.2 Å². The Morgan fingerprint density at radius 1 is 1.42 bits per heavy atom. The molecule has 0 bridgehead atoms. The Morgan fingerprint density at radius 3 is 2.62 bits per heavy atom. The van der Waals surface area contributed by atoms with Crippen molar-refractivity contribution in [3.63, 3.8) is 0 Å². The number of methoxy groups -OCH3 is 1. The molecule has 2 N–H and O–H groups in total. The maximum Gasteiger partial charge on any atom is 0.327 e. The number of aromatic hydroxyl groups is 1. The molecular weight excluding hydrogens is 350 g/mol. The minimum absolute atomic E-state index is 0.00653. The first-order chi connectivity index (χ1) is 11.3. The summed E-state index contributed by atoms with van der Waals surface area (Å²) in [7, 11) is 1.43. The molecule has 1 heterocycles. The number of carboxylic acids is 1. The largest absolute Gasteiger partial charge is 0.504 e. The maximum atomic E-state index is 12.6. The molecule has 1 atom stereocenters. The summed E-state index contributed by atoms with van der Waals surface area (Å²) in [6.45, 7) is 3.46. The average Bonchev–Trinajstić information content (AvgIpc) is 2.76. The van der Waals surface area contributed by atoms with E-state index in [1.807, 2.05) is 0 Å². The molecule has 0 aromatic heterocycles. The fraction of sp³-hybridized carbons (Fsp3) is 0.312. The summed E-state index contributed by atoms with van der Waals surface area (Å²) >= 11 is 6.25. The van der Waals surface area contributed by atoms with E-state index in [9.17, 15) is 19.8 Å². The summed E-state index contributed by atoms with van der Waals surface area (Å²) in [5.74, 6) is -1.53. The van der Waals surface area contributed by atoms with E-state index in [0.717, 1.165) is 16.7 Å². The Bertz CT molecular complexity index is 729. The molecule has 1 aliphatic heterocycles. The second-order valence-electron chi connectivity index (χ2n) is 5.51. The van der Waals surface area contributed by atoms with Crippen LogP contribution in [0.2, 0.25) is 0 Å². The molecule has 2 rings (SSSR count). The quantitative estimate of drug-likeness (QED) is 0.611. The minimum atomic E-state index is -1.09. The number of rotatable bonds is 5. The summed E-state index contributed by atoms with van der Waals surface area (Å²) in [5, 5.41) is 19.0. The van der Waals surface area contributed by atoms with Crippen molar-refractivity contribution in [1.29, 1.82) is 0 Å². The first-order valence-electron chi connectivity index (χ1n) is 7.13. The predicted molar refractivity (Wildman–Crippen MR) is 95.9 cm³/mol. The van der Waals surface area contributed by atoms with E-state index < -0.39 is 17.9 Å². The molecule has 0 spiro atoms. The molecular formula is C16H17NO5S2. The number of hydrogen-bond donors (Lipinski definition) is 2. The SMILES string of the molecule is COc1cc(/C=C2\SC(=S)N([C@@H](C(=O)O)C(C)C)C2=O)ccc1O. The molecule has 1 saturated heterocycles. The summed E-state index contributed by atoms with van der Waals surface area (Å²) in [4.78, 5) is 25.6. The number of hydrogen-bond acceptors (Lipinski definition) is 6. The number of ether oxygens (including phenoxy) is 1. The number of phenols is 1. The van der Waals surface area contributed by atoms with Gasteiger partial charge in [-0.05, 0) is 29.7 Å². The van der Waals surface area contributed by atoms with Crippen molar-refractivity contribution in [1.82, 2.24) is 4.90 Å². The van der Waals surface area contributed by atoms with Crippen LogP contribution in [0, 0.1) is 5.92 Å². The van der Waals surface area contributed by atoms with Gasteiger partial charge in [0.2, 0.25) is 0 Å². The highest BCUT2D eigenvalue weighted by molar-refractivity contribution is 8.26. The molecule has 1 aliphatic rings. The van der Waals surface area contributed by atoms with Gasteiger partial charge in [0.25, 0.3) is 5.91 Å². The number of aliphatic carboxylic acids is 1. The molecule has 1 aromatic rings. The normalized spacial score (nSPS) is 17.7. The molecule has 0 aliphatic carbocycles. The van der Waals surface area contributed by atoms with Crippen molar-refractivity contribution in [2.75, 3.05) is 7.11 Å². The Hall–Kier alpha value is -2.06. The van der Waals surface area contributed by atoms with Gasteiger partial charge in [-0.3, -0.25) is 9.69 Å². The highest BCUT2D eigenvalue weighted by Gasteiger charge is 2.41. The Kier molecular flexibility index (Phi) is 5.51. The van der Waals surface area contributed by atoms with E-state index >= 15 is 0 Å². The lowest BCUT2D eigenvalue weighted by molar-refractivity contribution is -0.146. The van der Waals surface area contributed by atoms with Gasteiger partial charge in [0.1, 0.15) is 10.4 Å². The lowest BCUT2D eigenvalue weighted by atomic mass is 10.0. The maximum absolute atomic E-state index is 12.6. The summed E-state index contributed by atoms with van der Waals surface area (Å²) < 4.78 is 5.26. The Labute approximate surface area is 149 Å². The van der Waals surface area contributed by atoms with Gasteiger partial charge in [-0.1, -0.05) is 43.9 Å². The van der Waals surface area contributed by atoms with Crippen molar-refractivity contribution in [3.05, 3.63) is 28.7 Å². The van der Waals surface area contributed by atoms with Crippen LogP contribution in [-0.2, 0) is 9.59 Å². The van der Waals surface area contributed by atoms with Crippen molar-refractivity contribution in [3.8, 4) is 11.5 Å². The van der Waals surface area contributed by atoms with Crippen LogP contribution in [-0.4, -0.2) is 44.5 Å². The van der Waals surface area contributed by atoms with Crippen LogP contribution in [0.25, 0.3) is 6.08 Å². The van der Waals surface area contributed by atoms with Crippen molar-refractivity contribution in [2.45, 2.75) is 19.9 Å². The van der Waals surface area contributed by atoms with Gasteiger partial charge in [0.15, 0.2) is 11.5 Å². The van der Waals surface area contributed by atoms with Crippen molar-refractivity contribution in [2.24, 2.45) is 5.92 Å². The molecule has 6 nitrogen and oxygen atoms in total. The number of carbonyl (C=O) groups is 2. The van der Waals surface area contributed by atoms with Gasteiger partial charge in [-0.15, -0.1) is 0 Å². The summed E-state index contributed by atoms with van der Waals surface area (Å²) in [5.41, 5.74) is 0.640. The zero-order chi connectivity index (χ0) is 18.0. The van der Waals surface area contributed by atoms with Crippen LogP contribution in [0.15, 0.2) is 23.1 Å². The second kappa shape index (κ2) is 7.23. The van der Waals surface area contributed by atoms with Crippen LogP contribution in [0.5, 0.6) is 11.5 Å². The standard InChI is InChI=1S/C16H17NO5S2/c1-8(2)13(15(20)21)17-14(19)12(24-16(17)23)7-9-4-5-10(18)11(6-9)22-3/h4-8,13,18H,1-3H3,(H,20,21)/b12-7-/t13-/m1/s1. The fourth-order valence-electron chi connectivity index (χ4n) is 2.35. The van der Waals surface area contributed by atoms with Crippen LogP contribution in [0.3, 0.4) is 0 Å². The van der Waals surface area contributed by atoms with Crippen LogP contribution in [0.1, 0.15) is 19.4 Å². The van der Waals surface area contributed by atoms with E-state index in [1.54, 1.807) is 32.1 Å². The van der Waals surface area contributed by atoms with E-state index in [0.29, 0.717) is 10.5 Å². The third-order valence-electron chi connectivity index (χ3n) is 3.49. The second-order valence-corrected chi connectivity index (χ2v) is 7.19. The first kappa shape index (κ1) is 18.3. The van der Waals surface area contributed by atoms with E-state index in [-0.39, 0.29) is 21.7 Å². The van der Waals surface area contributed by atoms with Crippen LogP contribution >= 0.6 is 24.0 Å². The number of phenolic OH excluding ortho intramolecular Hbond substituents is 1. The van der Waals surface area contributed by atoms with Crippen LogP contribution in [0.4, 0.5) is 0 Å². The summed E-state index contributed by atoms with van der Waals surface area (Å²) in [6.07, 6.45) is 1.60. The zero-order valence-electron chi connectivity index (χ0n) is 13.3. The van der Waals surface area contributed by atoms with Gasteiger partial charge in [-0.25, -0.2) is 4.79 Å². The highest BCUT2D eigenvalue weighted by Crippen LogP contribution is 2.36. The monoisotopic (exact) mass is 367 g/mol. The lowest BCUT2D eigenvalue weighted by Gasteiger charge is -2.26. The van der Waals surface area contributed by atoms with Crippen molar-refractivity contribution < 1.29 is 24.5 Å². The number of thiocarbonyl (C=S) groups is 1. The van der Waals surface area contributed by atoms with Crippen molar-refractivity contribution >= 4 is 46.3 Å². The predicted octanol–water partition coefficient (Wildman–Crippen LogP) is 2.71. The third kappa shape index (κ3) is 3.54. The first-order valence-corrected chi connectivity index (χ1v) is 8.35. The summed E-state index contributed by atoms with van der Waals surface area (Å²) in [6, 6.07) is 3.66. The highest BCUT2D eigenvalue weighted by atomic mass is 32.2. The molecule has 0 radical (unpaired) electrons. The smallest absolute Gasteiger partial charge is 0.327 e. The minimum Gasteiger partial charge on any atom is -0.504 e. The molecule has 24 heavy (non-hydrogen) atoms. The lowest BCUT2D eigenvalue weighted by Crippen LogP contribution is -2.47. The topological polar surface area (TPSA) is 87.1 Å². The van der Waals surface area contributed by atoms with Gasteiger partial charge >= 0.3 is 5.97 Å². The fourth-order valence-corrected chi connectivity index (χ4v) is 3.68. The van der Waals surface area contributed by atoms with Crippen LogP contribution < -0.4 is 4.74 Å². The van der Waals surface area contributed by atoms with Gasteiger partial charge in [0.05, 0.1) is 12.0 Å². The molecule has 1 amide bonds. The molecule has 128 valence electrons. The zero-order valence-corrected chi connectivity index (χ0v) is 15.0. The average molecular weight is 367 g/mol. The van der Waals surface area contributed by atoms with E-state index in [4.69, 9.17) is 17.0 Å². The molecule has 0 unspecified atom stereocenters. The molecule has 1 fully saturated rings.